The molecule has 100 heavy (non-hydrogen) atoms. The summed E-state index contributed by atoms with van der Waals surface area (Å²) in [5, 5.41) is 0. The van der Waals surface area contributed by atoms with Gasteiger partial charge in [0.15, 0.2) is 0 Å². The predicted octanol–water partition coefficient (Wildman–Crippen LogP) is 21.3. The lowest BCUT2D eigenvalue weighted by Gasteiger charge is -2.08. The van der Waals surface area contributed by atoms with Gasteiger partial charge in [-0.05, 0) is 111 Å². The Balaban J connectivity index is 0.000000119. The number of hydrogen-bond donors (Lipinski definition) is 0. The topological polar surface area (TPSA) is 142 Å². The summed E-state index contributed by atoms with van der Waals surface area (Å²) < 4.78 is 0. The van der Waals surface area contributed by atoms with Crippen molar-refractivity contribution in [2.45, 2.75) is 27.7 Å². The van der Waals surface area contributed by atoms with Gasteiger partial charge >= 0.3 is 0 Å². The highest BCUT2D eigenvalue weighted by Gasteiger charge is 2.13. The second-order valence-corrected chi connectivity index (χ2v) is 23.6. The first-order valence-electron chi connectivity index (χ1n) is 33.0. The van der Waals surface area contributed by atoms with Gasteiger partial charge in [0.25, 0.3) is 0 Å². The van der Waals surface area contributed by atoms with Crippen LogP contribution in [0.3, 0.4) is 0 Å². The quantitative estimate of drug-likeness (QED) is 0.115. The largest absolute Gasteiger partial charge is 0.264 e. The molecule has 0 aliphatic carbocycles. The Hall–Kier alpha value is -13.3. The highest BCUT2D eigenvalue weighted by molar-refractivity contribution is 5.77. The molecule has 0 atom stereocenters. The molecule has 0 unspecified atom stereocenters. The smallest absolute Gasteiger partial charge is 0.126 e. The number of aromatic nitrogens is 11. The zero-order chi connectivity index (χ0) is 68.2. The molecule has 16 aromatic rings. The van der Waals surface area contributed by atoms with Crippen molar-refractivity contribution >= 4 is 0 Å². The molecule has 0 saturated heterocycles. The Morgan fingerprint density at radius 2 is 0.400 bits per heavy atom. The van der Waals surface area contributed by atoms with Crippen LogP contribution in [-0.4, -0.2) is 54.8 Å². The van der Waals surface area contributed by atoms with Crippen LogP contribution in [0.2, 0.25) is 0 Å². The molecule has 11 nitrogen and oxygen atoms in total. The average molecular weight is 1290 g/mol. The normalized spacial score (nSPS) is 10.6. The molecule has 0 saturated carbocycles. The fraction of sp³-hybridized carbons (Fsp3) is 0.0449. The minimum absolute atomic E-state index is 0.764. The van der Waals surface area contributed by atoms with Gasteiger partial charge in [0.1, 0.15) is 23.3 Å². The maximum absolute atomic E-state index is 4.64. The number of benzene rings is 9. The zero-order valence-corrected chi connectivity index (χ0v) is 55.8. The first-order chi connectivity index (χ1) is 49.2. The summed E-state index contributed by atoms with van der Waals surface area (Å²) in [5.74, 6) is 3.08. The van der Waals surface area contributed by atoms with Gasteiger partial charge in [0.05, 0.1) is 56.9 Å². The fourth-order valence-corrected chi connectivity index (χ4v) is 11.5. The first-order valence-corrected chi connectivity index (χ1v) is 33.0. The van der Waals surface area contributed by atoms with Crippen molar-refractivity contribution in [3.05, 3.63) is 370 Å². The van der Waals surface area contributed by atoms with Crippen molar-refractivity contribution in [3.8, 4) is 135 Å². The van der Waals surface area contributed by atoms with Crippen molar-refractivity contribution in [3.63, 3.8) is 0 Å². The molecule has 0 aliphatic rings. The zero-order valence-electron chi connectivity index (χ0n) is 55.8. The molecule has 0 radical (unpaired) electrons. The van der Waals surface area contributed by atoms with Crippen LogP contribution in [0.25, 0.3) is 135 Å². The molecule has 480 valence electrons. The third-order valence-electron chi connectivity index (χ3n) is 16.3. The van der Waals surface area contributed by atoms with Gasteiger partial charge in [-0.1, -0.05) is 255 Å². The van der Waals surface area contributed by atoms with Crippen molar-refractivity contribution < 1.29 is 0 Å². The van der Waals surface area contributed by atoms with Gasteiger partial charge in [-0.25, -0.2) is 39.9 Å². The Labute approximate surface area is 583 Å². The van der Waals surface area contributed by atoms with E-state index in [1.165, 1.54) is 11.1 Å². The lowest BCUT2D eigenvalue weighted by atomic mass is 10.0. The summed E-state index contributed by atoms with van der Waals surface area (Å²) in [6.07, 6.45) is 7.28. The van der Waals surface area contributed by atoms with Crippen molar-refractivity contribution in [2.24, 2.45) is 0 Å². The summed E-state index contributed by atoms with van der Waals surface area (Å²) in [4.78, 5) is 49.9. The molecule has 9 aromatic carbocycles. The molecule has 0 bridgehead atoms. The maximum atomic E-state index is 4.64. The van der Waals surface area contributed by atoms with Gasteiger partial charge in [0, 0.05) is 86.0 Å². The van der Waals surface area contributed by atoms with Crippen LogP contribution in [0.5, 0.6) is 0 Å². The Kier molecular flexibility index (Phi) is 20.9. The van der Waals surface area contributed by atoms with Crippen molar-refractivity contribution in [2.75, 3.05) is 0 Å². The standard InChI is InChI=1S/C23H18N2.3C22H17N3/c1-17-24-22(20-10-6-3-7-11-20)16-23(25-17)21-14-12-19(13-15-21)18-8-4-2-5-9-18;1-16-24-21(17-7-3-2-4-8-17)14-22(25-16)19-10-5-9-18(13-19)20-11-6-12-23-15-20;1-16-24-21(17-8-3-2-4-9-17)15-22(25-16)19-11-7-10-18(14-19)20-12-5-6-13-23-20;1-16-24-21(17-7-3-2-4-8-17)15-22(25-16)19-12-10-18(11-13-19)20-9-5-6-14-23-20/h2-16H,1H3;3*2-15H,1H3. The summed E-state index contributed by atoms with van der Waals surface area (Å²) >= 11 is 0. The summed E-state index contributed by atoms with van der Waals surface area (Å²) in [6.45, 7) is 7.73. The van der Waals surface area contributed by atoms with Crippen LogP contribution in [0, 0.1) is 27.7 Å². The summed E-state index contributed by atoms with van der Waals surface area (Å²) in [7, 11) is 0. The summed E-state index contributed by atoms with van der Waals surface area (Å²) in [6, 6.07) is 109. The third-order valence-corrected chi connectivity index (χ3v) is 16.3. The van der Waals surface area contributed by atoms with E-state index in [1.807, 2.05) is 192 Å². The fourth-order valence-electron chi connectivity index (χ4n) is 11.5. The monoisotopic (exact) mass is 1290 g/mol. The van der Waals surface area contributed by atoms with E-state index in [2.05, 4.69) is 231 Å². The SMILES string of the molecule is Cc1nc(-c2ccccc2)cc(-c2ccc(-c3ccccc3)cc2)n1.Cc1nc(-c2ccccc2)cc(-c2ccc(-c3ccccn3)cc2)n1.Cc1nc(-c2ccccc2)cc(-c2cccc(-c3ccccn3)c2)n1.Cc1nc(-c2ccccc2)cc(-c2cccc(-c3cccnc3)c2)n1. The van der Waals surface area contributed by atoms with E-state index in [0.29, 0.717) is 0 Å². The number of nitrogens with zero attached hydrogens (tertiary/aromatic N) is 11. The number of rotatable bonds is 12. The highest BCUT2D eigenvalue weighted by atomic mass is 14.9. The van der Waals surface area contributed by atoms with Gasteiger partial charge in [-0.3, -0.25) is 15.0 Å². The van der Waals surface area contributed by atoms with E-state index < -0.39 is 0 Å². The van der Waals surface area contributed by atoms with Crippen LogP contribution in [0.4, 0.5) is 0 Å². The maximum Gasteiger partial charge on any atom is 0.126 e. The molecular formula is C89H69N11. The second kappa shape index (κ2) is 32.0. The van der Waals surface area contributed by atoms with E-state index in [4.69, 9.17) is 0 Å². The van der Waals surface area contributed by atoms with Gasteiger partial charge in [-0.2, -0.15) is 0 Å². The molecule has 11 heteroatoms. The summed E-state index contributed by atoms with van der Waals surface area (Å²) in [5.41, 5.74) is 24.9. The molecule has 0 aliphatic heterocycles. The van der Waals surface area contributed by atoms with Gasteiger partial charge in [0.2, 0.25) is 0 Å². The lowest BCUT2D eigenvalue weighted by Crippen LogP contribution is -1.95. The van der Waals surface area contributed by atoms with Gasteiger partial charge < -0.3 is 0 Å². The second-order valence-electron chi connectivity index (χ2n) is 23.6. The van der Waals surface area contributed by atoms with Crippen LogP contribution in [0.15, 0.2) is 346 Å². The average Bonchev–Trinajstić information content (AvgIpc) is 0.873. The first kappa shape index (κ1) is 65.4. The number of hydrogen-bond acceptors (Lipinski definition) is 11. The lowest BCUT2D eigenvalue weighted by molar-refractivity contribution is 1.06. The Morgan fingerprint density at radius 1 is 0.160 bits per heavy atom. The number of aryl methyl sites for hydroxylation is 4. The van der Waals surface area contributed by atoms with E-state index in [0.717, 1.165) is 147 Å². The minimum atomic E-state index is 0.764. The van der Waals surface area contributed by atoms with Crippen LogP contribution in [0.1, 0.15) is 23.3 Å². The molecule has 7 heterocycles. The van der Waals surface area contributed by atoms with Crippen LogP contribution in [-0.2, 0) is 0 Å². The molecular weight excluding hydrogens is 1220 g/mol. The molecule has 7 aromatic heterocycles. The van der Waals surface area contributed by atoms with E-state index in [1.54, 1.807) is 6.20 Å². The Morgan fingerprint density at radius 3 is 0.730 bits per heavy atom. The predicted molar refractivity (Wildman–Crippen MR) is 406 cm³/mol. The number of pyridine rings is 3. The van der Waals surface area contributed by atoms with Crippen molar-refractivity contribution in [1.82, 2.24) is 54.8 Å². The Bertz CT molecular complexity index is 4950. The molecule has 0 N–H and O–H groups in total. The van der Waals surface area contributed by atoms with Crippen LogP contribution >= 0.6 is 0 Å². The molecule has 0 spiro atoms. The molecule has 16 rings (SSSR count). The van der Waals surface area contributed by atoms with E-state index in [-0.39, 0.29) is 0 Å². The van der Waals surface area contributed by atoms with Crippen LogP contribution < -0.4 is 0 Å². The highest BCUT2D eigenvalue weighted by Crippen LogP contribution is 2.32. The molecule has 0 amide bonds. The minimum Gasteiger partial charge on any atom is -0.264 e. The third kappa shape index (κ3) is 17.0. The molecule has 0 fully saturated rings. The van der Waals surface area contributed by atoms with Gasteiger partial charge in [-0.15, -0.1) is 0 Å². The van der Waals surface area contributed by atoms with Crippen molar-refractivity contribution in [1.29, 1.82) is 0 Å². The van der Waals surface area contributed by atoms with E-state index >= 15 is 0 Å². The van der Waals surface area contributed by atoms with E-state index in [9.17, 15) is 0 Å².